The lowest BCUT2D eigenvalue weighted by atomic mass is 10.1. The van der Waals surface area contributed by atoms with Crippen molar-refractivity contribution in [3.63, 3.8) is 0 Å². The number of alkyl halides is 3. The van der Waals surface area contributed by atoms with Crippen LogP contribution in [0.2, 0.25) is 0 Å². The Kier molecular flexibility index (Phi) is 2.94. The van der Waals surface area contributed by atoms with Crippen molar-refractivity contribution >= 4 is 16.9 Å². The number of nitrogens with zero attached hydrogens (tertiary/aromatic N) is 1. The molecule has 18 heavy (non-hydrogen) atoms. The minimum Gasteiger partial charge on any atom is -0.481 e. The Morgan fingerprint density at radius 3 is 2.67 bits per heavy atom. The van der Waals surface area contributed by atoms with Gasteiger partial charge in [-0.25, -0.2) is 0 Å². The maximum Gasteiger partial charge on any atom is 0.417 e. The number of aliphatic carboxylic acids is 1. The number of halogens is 3. The largest absolute Gasteiger partial charge is 0.481 e. The summed E-state index contributed by atoms with van der Waals surface area (Å²) in [7, 11) is 0. The smallest absolute Gasteiger partial charge is 0.417 e. The van der Waals surface area contributed by atoms with E-state index in [1.54, 1.807) is 0 Å². The molecule has 0 atom stereocenters. The Morgan fingerprint density at radius 1 is 1.33 bits per heavy atom. The van der Waals surface area contributed by atoms with Crippen LogP contribution in [0.25, 0.3) is 10.9 Å². The molecule has 1 N–H and O–H groups in total. The third-order valence-corrected chi connectivity index (χ3v) is 2.46. The minimum atomic E-state index is -4.45. The monoisotopic (exact) mass is 255 g/mol. The summed E-state index contributed by atoms with van der Waals surface area (Å²) in [5.74, 6) is -1.05. The molecular formula is C12H8F3NO2. The first-order chi connectivity index (χ1) is 8.38. The number of rotatable bonds is 2. The highest BCUT2D eigenvalue weighted by molar-refractivity contribution is 5.85. The lowest BCUT2D eigenvalue weighted by Gasteiger charge is -2.08. The minimum absolute atomic E-state index is 0.268. The van der Waals surface area contributed by atoms with Gasteiger partial charge in [-0.3, -0.25) is 9.78 Å². The fourth-order valence-electron chi connectivity index (χ4n) is 1.68. The third-order valence-electron chi connectivity index (χ3n) is 2.46. The van der Waals surface area contributed by atoms with Gasteiger partial charge < -0.3 is 5.11 Å². The number of carbonyl (C=O) groups is 1. The van der Waals surface area contributed by atoms with E-state index in [0.29, 0.717) is 11.8 Å². The lowest BCUT2D eigenvalue weighted by molar-refractivity contribution is -0.138. The molecule has 0 spiro atoms. The topological polar surface area (TPSA) is 50.2 Å². The number of carboxylic acids is 1. The Morgan fingerprint density at radius 2 is 2.06 bits per heavy atom. The molecule has 1 aromatic heterocycles. The zero-order valence-electron chi connectivity index (χ0n) is 9.03. The molecule has 1 aromatic carbocycles. The van der Waals surface area contributed by atoms with Crippen molar-refractivity contribution in [1.29, 1.82) is 0 Å². The van der Waals surface area contributed by atoms with Crippen LogP contribution in [0.15, 0.2) is 30.5 Å². The Labute approximate surface area is 99.9 Å². The van der Waals surface area contributed by atoms with Crippen LogP contribution in [0.3, 0.4) is 0 Å². The number of carboxylic acid groups (broad SMARTS) is 1. The van der Waals surface area contributed by atoms with Crippen LogP contribution >= 0.6 is 0 Å². The molecule has 0 radical (unpaired) electrons. The third kappa shape index (κ3) is 2.42. The van der Waals surface area contributed by atoms with Gasteiger partial charge in [0, 0.05) is 11.6 Å². The molecule has 3 nitrogen and oxygen atoms in total. The quantitative estimate of drug-likeness (QED) is 0.897. The first kappa shape index (κ1) is 12.3. The Hall–Kier alpha value is -2.11. The first-order valence-corrected chi connectivity index (χ1v) is 5.04. The van der Waals surface area contributed by atoms with Gasteiger partial charge in [0.2, 0.25) is 0 Å². The molecule has 0 bridgehead atoms. The van der Waals surface area contributed by atoms with Gasteiger partial charge in [-0.05, 0) is 11.6 Å². The number of hydrogen-bond acceptors (Lipinski definition) is 2. The maximum atomic E-state index is 12.5. The van der Waals surface area contributed by atoms with Crippen LogP contribution in [-0.4, -0.2) is 16.1 Å². The van der Waals surface area contributed by atoms with Crippen LogP contribution in [0.4, 0.5) is 13.2 Å². The summed E-state index contributed by atoms with van der Waals surface area (Å²) in [5.41, 5.74) is -0.163. The van der Waals surface area contributed by atoms with Crippen molar-refractivity contribution < 1.29 is 23.1 Å². The second-order valence-corrected chi connectivity index (χ2v) is 3.78. The summed E-state index contributed by atoms with van der Waals surface area (Å²) >= 11 is 0. The maximum absolute atomic E-state index is 12.5. The number of para-hydroxylation sites is 1. The number of pyridine rings is 1. The summed E-state index contributed by atoms with van der Waals surface area (Å²) in [5, 5.41) is 8.98. The number of benzene rings is 1. The number of hydrogen-bond donors (Lipinski definition) is 1. The standard InChI is InChI=1S/C12H8F3NO2/c13-12(14,15)9-4-7-2-1-3-8(5-10(17)18)11(7)16-6-9/h1-4,6H,5H2,(H,17,18). The van der Waals surface area contributed by atoms with Gasteiger partial charge in [-0.2, -0.15) is 13.2 Å². The fraction of sp³-hybridized carbons (Fsp3) is 0.167. The highest BCUT2D eigenvalue weighted by atomic mass is 19.4. The van der Waals surface area contributed by atoms with Gasteiger partial charge in [0.05, 0.1) is 17.5 Å². The van der Waals surface area contributed by atoms with Crippen molar-refractivity contribution in [1.82, 2.24) is 4.98 Å². The van der Waals surface area contributed by atoms with E-state index in [2.05, 4.69) is 4.98 Å². The van der Waals surface area contributed by atoms with Gasteiger partial charge in [0.25, 0.3) is 0 Å². The van der Waals surface area contributed by atoms with E-state index in [1.807, 2.05) is 0 Å². The summed E-state index contributed by atoms with van der Waals surface area (Å²) in [4.78, 5) is 14.3. The van der Waals surface area contributed by atoms with Crippen molar-refractivity contribution in [2.24, 2.45) is 0 Å². The van der Waals surface area contributed by atoms with E-state index in [-0.39, 0.29) is 17.3 Å². The normalized spacial score (nSPS) is 11.7. The average Bonchev–Trinajstić information content (AvgIpc) is 2.27. The fourth-order valence-corrected chi connectivity index (χ4v) is 1.68. The van der Waals surface area contributed by atoms with Crippen LogP contribution in [-0.2, 0) is 17.4 Å². The van der Waals surface area contributed by atoms with Crippen molar-refractivity contribution in [2.75, 3.05) is 0 Å². The van der Waals surface area contributed by atoms with E-state index in [1.165, 1.54) is 18.2 Å². The Bertz CT molecular complexity index is 608. The number of aromatic nitrogens is 1. The van der Waals surface area contributed by atoms with Gasteiger partial charge in [0.1, 0.15) is 0 Å². The molecule has 1 heterocycles. The molecule has 0 unspecified atom stereocenters. The summed E-state index contributed by atoms with van der Waals surface area (Å²) in [6.07, 6.45) is -4.01. The molecular weight excluding hydrogens is 247 g/mol. The molecule has 0 aliphatic rings. The predicted molar refractivity (Wildman–Crippen MR) is 58.1 cm³/mol. The first-order valence-electron chi connectivity index (χ1n) is 5.04. The van der Waals surface area contributed by atoms with Crippen LogP contribution in [0, 0.1) is 0 Å². The highest BCUT2D eigenvalue weighted by Crippen LogP contribution is 2.31. The molecule has 0 aliphatic heterocycles. The van der Waals surface area contributed by atoms with Crippen molar-refractivity contribution in [3.05, 3.63) is 41.6 Å². The molecule has 2 rings (SSSR count). The van der Waals surface area contributed by atoms with E-state index in [9.17, 15) is 18.0 Å². The summed E-state index contributed by atoms with van der Waals surface area (Å²) in [6, 6.07) is 5.50. The summed E-state index contributed by atoms with van der Waals surface area (Å²) in [6.45, 7) is 0. The summed E-state index contributed by atoms with van der Waals surface area (Å²) < 4.78 is 37.5. The average molecular weight is 255 g/mol. The molecule has 0 saturated carbocycles. The van der Waals surface area contributed by atoms with E-state index in [0.717, 1.165) is 6.07 Å². The highest BCUT2D eigenvalue weighted by Gasteiger charge is 2.31. The van der Waals surface area contributed by atoms with Crippen LogP contribution in [0.1, 0.15) is 11.1 Å². The van der Waals surface area contributed by atoms with Gasteiger partial charge >= 0.3 is 12.1 Å². The molecule has 0 aliphatic carbocycles. The van der Waals surface area contributed by atoms with E-state index >= 15 is 0 Å². The zero-order valence-corrected chi connectivity index (χ0v) is 9.03. The van der Waals surface area contributed by atoms with Crippen LogP contribution < -0.4 is 0 Å². The Balaban J connectivity index is 2.57. The van der Waals surface area contributed by atoms with Crippen molar-refractivity contribution in [3.8, 4) is 0 Å². The molecule has 0 amide bonds. The van der Waals surface area contributed by atoms with E-state index in [4.69, 9.17) is 5.11 Å². The lowest BCUT2D eigenvalue weighted by Crippen LogP contribution is -2.06. The van der Waals surface area contributed by atoms with E-state index < -0.39 is 17.7 Å². The van der Waals surface area contributed by atoms with Gasteiger partial charge in [-0.1, -0.05) is 18.2 Å². The van der Waals surface area contributed by atoms with Crippen molar-refractivity contribution in [2.45, 2.75) is 12.6 Å². The predicted octanol–water partition coefficient (Wildman–Crippen LogP) is 2.88. The second kappa shape index (κ2) is 4.29. The zero-order chi connectivity index (χ0) is 13.3. The number of fused-ring (bicyclic) bond motifs is 1. The molecule has 2 aromatic rings. The molecule has 0 fully saturated rings. The molecule has 94 valence electrons. The molecule has 0 saturated heterocycles. The molecule has 6 heteroatoms. The van der Waals surface area contributed by atoms with Gasteiger partial charge in [0.15, 0.2) is 0 Å². The SMILES string of the molecule is O=C(O)Cc1cccc2cc(C(F)(F)F)cnc12. The van der Waals surface area contributed by atoms with Gasteiger partial charge in [-0.15, -0.1) is 0 Å². The van der Waals surface area contributed by atoms with Crippen LogP contribution in [0.5, 0.6) is 0 Å². The second-order valence-electron chi connectivity index (χ2n) is 3.78.